The summed E-state index contributed by atoms with van der Waals surface area (Å²) in [5.41, 5.74) is 0. The van der Waals surface area contributed by atoms with Gasteiger partial charge in [-0.25, -0.2) is 15.0 Å². The molecule has 7 nitrogen and oxygen atoms in total. The number of aliphatic imine (C=N–C) groups is 1. The molecular formula is C20H25IN6OS. The number of hydrogen-bond acceptors (Lipinski definition) is 6. The zero-order valence-corrected chi connectivity index (χ0v) is 19.3. The number of halogens is 1. The minimum absolute atomic E-state index is 0. The number of thiophene rings is 1. The molecule has 4 heterocycles. The normalized spacial score (nSPS) is 14.6. The van der Waals surface area contributed by atoms with Crippen LogP contribution in [0.25, 0.3) is 0 Å². The molecule has 0 amide bonds. The molecule has 1 N–H and O–H groups in total. The van der Waals surface area contributed by atoms with Crippen molar-refractivity contribution >= 4 is 47.2 Å². The lowest BCUT2D eigenvalue weighted by molar-refractivity contribution is 0.368. The van der Waals surface area contributed by atoms with Crippen LogP contribution in [-0.4, -0.2) is 53.6 Å². The molecule has 0 aromatic carbocycles. The smallest absolute Gasteiger partial charge is 0.225 e. The minimum Gasteiger partial charge on any atom is -0.469 e. The van der Waals surface area contributed by atoms with Gasteiger partial charge in [-0.2, -0.15) is 0 Å². The van der Waals surface area contributed by atoms with E-state index >= 15 is 0 Å². The summed E-state index contributed by atoms with van der Waals surface area (Å²) >= 11 is 1.74. The van der Waals surface area contributed by atoms with Gasteiger partial charge < -0.3 is 19.5 Å². The third kappa shape index (κ3) is 6.17. The number of furan rings is 1. The van der Waals surface area contributed by atoms with Crippen LogP contribution in [0.15, 0.2) is 63.8 Å². The molecule has 9 heteroatoms. The second-order valence-electron chi connectivity index (χ2n) is 6.50. The number of aromatic nitrogens is 2. The van der Waals surface area contributed by atoms with E-state index < -0.39 is 0 Å². The quantitative estimate of drug-likeness (QED) is 0.304. The highest BCUT2D eigenvalue weighted by Gasteiger charge is 2.21. The molecule has 0 spiro atoms. The van der Waals surface area contributed by atoms with E-state index in [1.54, 1.807) is 30.0 Å². The van der Waals surface area contributed by atoms with Gasteiger partial charge in [-0.3, -0.25) is 0 Å². The molecule has 4 rings (SSSR count). The van der Waals surface area contributed by atoms with E-state index in [1.165, 1.54) is 4.88 Å². The third-order valence-corrected chi connectivity index (χ3v) is 5.47. The lowest BCUT2D eigenvalue weighted by atomic mass is 10.3. The summed E-state index contributed by atoms with van der Waals surface area (Å²) in [6, 6.07) is 9.96. The number of guanidine groups is 1. The fourth-order valence-corrected chi connectivity index (χ4v) is 3.78. The molecule has 0 radical (unpaired) electrons. The Hall–Kier alpha value is -2.14. The maximum Gasteiger partial charge on any atom is 0.225 e. The molecule has 1 aliphatic rings. The van der Waals surface area contributed by atoms with Crippen LogP contribution in [0, 0.1) is 0 Å². The van der Waals surface area contributed by atoms with Crippen LogP contribution in [0.5, 0.6) is 0 Å². The molecule has 0 unspecified atom stereocenters. The van der Waals surface area contributed by atoms with Gasteiger partial charge in [-0.1, -0.05) is 6.07 Å². The average Bonchev–Trinajstić information content (AvgIpc) is 3.46. The molecule has 29 heavy (non-hydrogen) atoms. The van der Waals surface area contributed by atoms with Crippen LogP contribution in [-0.2, 0) is 13.0 Å². The van der Waals surface area contributed by atoms with Crippen molar-refractivity contribution in [3.63, 3.8) is 0 Å². The Bertz CT molecular complexity index is 849. The lowest BCUT2D eigenvalue weighted by Gasteiger charge is -2.36. The molecule has 1 aliphatic heterocycles. The van der Waals surface area contributed by atoms with Crippen molar-refractivity contribution in [2.45, 2.75) is 13.0 Å². The SMILES string of the molecule is I.c1cnc(N2CCN(C(=NCc3cccs3)NCCc3ccco3)CC2)nc1. The highest BCUT2D eigenvalue weighted by molar-refractivity contribution is 14.0. The minimum atomic E-state index is 0. The Labute approximate surface area is 191 Å². The first kappa shape index (κ1) is 21.6. The predicted octanol–water partition coefficient (Wildman–Crippen LogP) is 3.26. The summed E-state index contributed by atoms with van der Waals surface area (Å²) in [4.78, 5) is 19.4. The van der Waals surface area contributed by atoms with Crippen LogP contribution in [0.3, 0.4) is 0 Å². The van der Waals surface area contributed by atoms with Crippen molar-refractivity contribution in [1.82, 2.24) is 20.2 Å². The van der Waals surface area contributed by atoms with Crippen LogP contribution in [0.2, 0.25) is 0 Å². The van der Waals surface area contributed by atoms with E-state index in [4.69, 9.17) is 9.41 Å². The second kappa shape index (κ2) is 11.1. The summed E-state index contributed by atoms with van der Waals surface area (Å²) in [5, 5.41) is 5.61. The van der Waals surface area contributed by atoms with E-state index in [0.29, 0.717) is 6.54 Å². The summed E-state index contributed by atoms with van der Waals surface area (Å²) in [6.07, 6.45) is 6.13. The van der Waals surface area contributed by atoms with Crippen molar-refractivity contribution < 1.29 is 4.42 Å². The number of hydrogen-bond donors (Lipinski definition) is 1. The van der Waals surface area contributed by atoms with Gasteiger partial charge in [0.15, 0.2) is 5.96 Å². The number of nitrogens with one attached hydrogen (secondary N) is 1. The van der Waals surface area contributed by atoms with Gasteiger partial charge in [0, 0.05) is 56.4 Å². The largest absolute Gasteiger partial charge is 0.469 e. The summed E-state index contributed by atoms with van der Waals surface area (Å²) in [6.45, 7) is 5.01. The van der Waals surface area contributed by atoms with Gasteiger partial charge >= 0.3 is 0 Å². The standard InChI is InChI=1S/C20H24N6OS.HI/c1-4-17(27-14-1)6-9-23-20(24-16-18-5-2-15-28-18)26-12-10-25(11-13-26)19-21-7-3-8-22-19;/h1-5,7-8,14-15H,6,9-13,16H2,(H,23,24);1H. The molecule has 3 aromatic rings. The van der Waals surface area contributed by atoms with Crippen LogP contribution >= 0.6 is 35.3 Å². The van der Waals surface area contributed by atoms with Gasteiger partial charge in [0.25, 0.3) is 0 Å². The Kier molecular flexibility index (Phi) is 8.29. The third-order valence-electron chi connectivity index (χ3n) is 4.61. The molecule has 0 bridgehead atoms. The van der Waals surface area contributed by atoms with Crippen LogP contribution < -0.4 is 10.2 Å². The first-order valence-corrected chi connectivity index (χ1v) is 10.4. The first-order valence-electron chi connectivity index (χ1n) is 9.48. The van der Waals surface area contributed by atoms with Gasteiger partial charge in [0.1, 0.15) is 5.76 Å². The van der Waals surface area contributed by atoms with E-state index in [2.05, 4.69) is 42.6 Å². The molecular weight excluding hydrogens is 499 g/mol. The summed E-state index contributed by atoms with van der Waals surface area (Å²) in [5.74, 6) is 2.73. The average molecular weight is 524 g/mol. The van der Waals surface area contributed by atoms with Crippen LogP contribution in [0.1, 0.15) is 10.6 Å². The Morgan fingerprint density at radius 3 is 2.62 bits per heavy atom. The first-order chi connectivity index (χ1) is 13.9. The van der Waals surface area contributed by atoms with E-state index in [1.807, 2.05) is 18.2 Å². The van der Waals surface area contributed by atoms with Gasteiger partial charge in [-0.15, -0.1) is 35.3 Å². The van der Waals surface area contributed by atoms with Gasteiger partial charge in [0.2, 0.25) is 5.95 Å². The van der Waals surface area contributed by atoms with E-state index in [-0.39, 0.29) is 24.0 Å². The highest BCUT2D eigenvalue weighted by atomic mass is 127. The summed E-state index contributed by atoms with van der Waals surface area (Å²) < 4.78 is 5.43. The Morgan fingerprint density at radius 1 is 1.10 bits per heavy atom. The molecule has 1 fully saturated rings. The Balaban J connectivity index is 0.00000240. The second-order valence-corrected chi connectivity index (χ2v) is 7.53. The zero-order valence-electron chi connectivity index (χ0n) is 16.1. The van der Waals surface area contributed by atoms with Crippen molar-refractivity contribution in [2.75, 3.05) is 37.6 Å². The molecule has 0 atom stereocenters. The van der Waals surface area contributed by atoms with Crippen molar-refractivity contribution in [3.05, 3.63) is 65.0 Å². The van der Waals surface area contributed by atoms with Crippen molar-refractivity contribution in [2.24, 2.45) is 4.99 Å². The fourth-order valence-electron chi connectivity index (χ4n) is 3.15. The maximum atomic E-state index is 5.43. The topological polar surface area (TPSA) is 69.8 Å². The monoisotopic (exact) mass is 524 g/mol. The number of anilines is 1. The fraction of sp³-hybridized carbons (Fsp3) is 0.350. The molecule has 1 saturated heterocycles. The predicted molar refractivity (Wildman–Crippen MR) is 127 cm³/mol. The highest BCUT2D eigenvalue weighted by Crippen LogP contribution is 2.12. The maximum absolute atomic E-state index is 5.43. The molecule has 3 aromatic heterocycles. The van der Waals surface area contributed by atoms with E-state index in [0.717, 1.165) is 56.8 Å². The lowest BCUT2D eigenvalue weighted by Crippen LogP contribution is -2.53. The Morgan fingerprint density at radius 2 is 1.93 bits per heavy atom. The van der Waals surface area contributed by atoms with Crippen molar-refractivity contribution in [3.8, 4) is 0 Å². The van der Waals surface area contributed by atoms with E-state index in [9.17, 15) is 0 Å². The zero-order chi connectivity index (χ0) is 19.0. The number of piperazine rings is 1. The number of nitrogens with zero attached hydrogens (tertiary/aromatic N) is 5. The molecule has 0 aliphatic carbocycles. The number of rotatable bonds is 6. The van der Waals surface area contributed by atoms with Crippen LogP contribution in [0.4, 0.5) is 5.95 Å². The van der Waals surface area contributed by atoms with Gasteiger partial charge in [0.05, 0.1) is 12.8 Å². The molecule has 0 saturated carbocycles. The van der Waals surface area contributed by atoms with Gasteiger partial charge in [-0.05, 0) is 29.6 Å². The summed E-state index contributed by atoms with van der Waals surface area (Å²) in [7, 11) is 0. The molecule has 154 valence electrons. The van der Waals surface area contributed by atoms with Crippen molar-refractivity contribution in [1.29, 1.82) is 0 Å².